The molecule has 1 aliphatic heterocycles. The molecule has 1 rings (SSSR count). The lowest BCUT2D eigenvalue weighted by Crippen LogP contribution is -2.01. The molecule has 0 saturated carbocycles. The van der Waals surface area contributed by atoms with Crippen LogP contribution in [0.15, 0.2) is 0 Å². The van der Waals surface area contributed by atoms with E-state index < -0.39 is 0 Å². The Labute approximate surface area is 47.5 Å². The Balaban J connectivity index is 2.24. The summed E-state index contributed by atoms with van der Waals surface area (Å²) in [5.74, 6) is 1.50. The molecule has 1 atom stereocenters. The first-order valence-electron chi connectivity index (χ1n) is 2.49. The van der Waals surface area contributed by atoms with Gasteiger partial charge in [0.25, 0.3) is 0 Å². The van der Waals surface area contributed by atoms with E-state index in [4.69, 9.17) is 0 Å². The zero-order valence-electron chi connectivity index (χ0n) is 4.31. The lowest BCUT2D eigenvalue weighted by molar-refractivity contribution is -0.117. The molecular formula is C5H8OS. The maximum atomic E-state index is 10.6. The van der Waals surface area contributed by atoms with Crippen molar-refractivity contribution in [1.29, 1.82) is 0 Å². The van der Waals surface area contributed by atoms with Crippen LogP contribution in [0.4, 0.5) is 0 Å². The quantitative estimate of drug-likeness (QED) is 0.502. The maximum Gasteiger partial charge on any atom is 0.146 e. The van der Waals surface area contributed by atoms with Gasteiger partial charge in [0.1, 0.15) is 5.78 Å². The number of hydrogen-bond acceptors (Lipinski definition) is 2. The van der Waals surface area contributed by atoms with E-state index in [1.807, 2.05) is 6.92 Å². The van der Waals surface area contributed by atoms with Crippen molar-refractivity contribution in [3.8, 4) is 0 Å². The van der Waals surface area contributed by atoms with E-state index in [0.717, 1.165) is 12.2 Å². The number of carbonyl (C=O) groups is 1. The van der Waals surface area contributed by atoms with Gasteiger partial charge < -0.3 is 0 Å². The van der Waals surface area contributed by atoms with Crippen LogP contribution in [0.25, 0.3) is 0 Å². The highest BCUT2D eigenvalue weighted by molar-refractivity contribution is 8.07. The molecule has 0 amide bonds. The van der Waals surface area contributed by atoms with Crippen molar-refractivity contribution in [3.63, 3.8) is 0 Å². The average Bonchev–Trinajstić information content (AvgIpc) is 2.44. The SMILES string of the molecule is CCC(=O)C1CS1. The zero-order chi connectivity index (χ0) is 5.28. The second kappa shape index (κ2) is 1.86. The van der Waals surface area contributed by atoms with Crippen LogP contribution in [0.1, 0.15) is 13.3 Å². The summed E-state index contributed by atoms with van der Waals surface area (Å²) in [5, 5.41) is 0.394. The van der Waals surface area contributed by atoms with Crippen LogP contribution in [0.3, 0.4) is 0 Å². The van der Waals surface area contributed by atoms with Crippen molar-refractivity contribution in [2.75, 3.05) is 5.75 Å². The Hall–Kier alpha value is 0.0200. The highest BCUT2D eigenvalue weighted by Gasteiger charge is 2.28. The molecule has 1 saturated heterocycles. The normalized spacial score (nSPS) is 27.3. The largest absolute Gasteiger partial charge is 0.298 e. The van der Waals surface area contributed by atoms with E-state index in [2.05, 4.69) is 0 Å². The van der Waals surface area contributed by atoms with Crippen molar-refractivity contribution >= 4 is 17.5 Å². The summed E-state index contributed by atoms with van der Waals surface area (Å²) in [4.78, 5) is 10.6. The van der Waals surface area contributed by atoms with Gasteiger partial charge in [-0.3, -0.25) is 4.79 Å². The summed E-state index contributed by atoms with van der Waals surface area (Å²) in [7, 11) is 0. The van der Waals surface area contributed by atoms with Gasteiger partial charge in [0.2, 0.25) is 0 Å². The van der Waals surface area contributed by atoms with Gasteiger partial charge in [-0.05, 0) is 0 Å². The van der Waals surface area contributed by atoms with E-state index in [1.54, 1.807) is 11.8 Å². The fourth-order valence-corrected chi connectivity index (χ4v) is 1.10. The van der Waals surface area contributed by atoms with Gasteiger partial charge in [-0.1, -0.05) is 6.92 Å². The number of rotatable bonds is 2. The molecule has 1 unspecified atom stereocenters. The smallest absolute Gasteiger partial charge is 0.146 e. The summed E-state index contributed by atoms with van der Waals surface area (Å²) in [5.41, 5.74) is 0. The number of Topliss-reactive ketones (excluding diaryl/α,β-unsaturated/α-hetero) is 1. The van der Waals surface area contributed by atoms with Crippen LogP contribution in [0, 0.1) is 0 Å². The number of carbonyl (C=O) groups excluding carboxylic acids is 1. The predicted molar refractivity (Wildman–Crippen MR) is 31.5 cm³/mol. The maximum absolute atomic E-state index is 10.6. The molecule has 2 heteroatoms. The van der Waals surface area contributed by atoms with Gasteiger partial charge >= 0.3 is 0 Å². The lowest BCUT2D eigenvalue weighted by Gasteiger charge is -1.83. The van der Waals surface area contributed by atoms with Crippen LogP contribution in [-0.4, -0.2) is 16.8 Å². The molecule has 1 aliphatic rings. The minimum atomic E-state index is 0.394. The van der Waals surface area contributed by atoms with Crippen molar-refractivity contribution in [1.82, 2.24) is 0 Å². The van der Waals surface area contributed by atoms with Crippen molar-refractivity contribution in [2.24, 2.45) is 0 Å². The third-order valence-corrected chi connectivity index (χ3v) is 1.97. The molecule has 40 valence electrons. The number of thioether (sulfide) groups is 1. The van der Waals surface area contributed by atoms with E-state index in [1.165, 1.54) is 0 Å². The molecule has 0 bridgehead atoms. The standard InChI is InChI=1S/C5H8OS/c1-2-4(6)5-3-7-5/h5H,2-3H2,1H3. The lowest BCUT2D eigenvalue weighted by atomic mass is 10.2. The van der Waals surface area contributed by atoms with Crippen LogP contribution >= 0.6 is 11.8 Å². The topological polar surface area (TPSA) is 17.1 Å². The monoisotopic (exact) mass is 116 g/mol. The highest BCUT2D eigenvalue weighted by Crippen LogP contribution is 2.31. The highest BCUT2D eigenvalue weighted by atomic mass is 32.2. The Morgan fingerprint density at radius 2 is 2.57 bits per heavy atom. The molecule has 1 heterocycles. The molecule has 0 aromatic rings. The molecule has 1 nitrogen and oxygen atoms in total. The van der Waals surface area contributed by atoms with Gasteiger partial charge in [-0.15, -0.1) is 11.8 Å². The third-order valence-electron chi connectivity index (χ3n) is 1.04. The van der Waals surface area contributed by atoms with Crippen LogP contribution in [0.5, 0.6) is 0 Å². The first kappa shape index (κ1) is 5.16. The summed E-state index contributed by atoms with van der Waals surface area (Å²) >= 11 is 1.75. The van der Waals surface area contributed by atoms with Gasteiger partial charge in [-0.25, -0.2) is 0 Å². The molecular weight excluding hydrogens is 108 g/mol. The van der Waals surface area contributed by atoms with E-state index in [9.17, 15) is 4.79 Å². The van der Waals surface area contributed by atoms with Crippen LogP contribution in [-0.2, 0) is 4.79 Å². The predicted octanol–water partition coefficient (Wildman–Crippen LogP) is 1.08. The average molecular weight is 116 g/mol. The zero-order valence-corrected chi connectivity index (χ0v) is 5.12. The first-order valence-corrected chi connectivity index (χ1v) is 3.53. The first-order chi connectivity index (χ1) is 3.34. The second-order valence-electron chi connectivity index (χ2n) is 1.64. The minimum Gasteiger partial charge on any atom is -0.298 e. The summed E-state index contributed by atoms with van der Waals surface area (Å²) < 4.78 is 0. The van der Waals surface area contributed by atoms with E-state index >= 15 is 0 Å². The summed E-state index contributed by atoms with van der Waals surface area (Å²) in [6, 6.07) is 0. The van der Waals surface area contributed by atoms with Gasteiger partial charge in [0.05, 0.1) is 5.25 Å². The summed E-state index contributed by atoms with van der Waals surface area (Å²) in [6.07, 6.45) is 0.720. The Morgan fingerprint density at radius 3 is 2.71 bits per heavy atom. The third kappa shape index (κ3) is 1.20. The minimum absolute atomic E-state index is 0.394. The Kier molecular flexibility index (Phi) is 1.38. The molecule has 0 radical (unpaired) electrons. The van der Waals surface area contributed by atoms with E-state index in [-0.39, 0.29) is 0 Å². The molecule has 0 aromatic heterocycles. The van der Waals surface area contributed by atoms with Crippen molar-refractivity contribution in [3.05, 3.63) is 0 Å². The molecule has 0 aliphatic carbocycles. The van der Waals surface area contributed by atoms with Gasteiger partial charge in [0.15, 0.2) is 0 Å². The van der Waals surface area contributed by atoms with Gasteiger partial charge in [0, 0.05) is 12.2 Å². The van der Waals surface area contributed by atoms with Crippen molar-refractivity contribution in [2.45, 2.75) is 18.6 Å². The molecule has 0 aromatic carbocycles. The van der Waals surface area contributed by atoms with Crippen LogP contribution < -0.4 is 0 Å². The number of hydrogen-bond donors (Lipinski definition) is 0. The molecule has 1 fully saturated rings. The van der Waals surface area contributed by atoms with Gasteiger partial charge in [-0.2, -0.15) is 0 Å². The fourth-order valence-electron chi connectivity index (χ4n) is 0.462. The summed E-state index contributed by atoms with van der Waals surface area (Å²) in [6.45, 7) is 1.92. The Bertz CT molecular complexity index is 86.1. The van der Waals surface area contributed by atoms with Crippen LogP contribution in [0.2, 0.25) is 0 Å². The second-order valence-corrected chi connectivity index (χ2v) is 2.88. The fraction of sp³-hybridized carbons (Fsp3) is 0.800. The Morgan fingerprint density at radius 1 is 2.00 bits per heavy atom. The molecule has 7 heavy (non-hydrogen) atoms. The molecule has 0 N–H and O–H groups in total. The van der Waals surface area contributed by atoms with Crippen molar-refractivity contribution < 1.29 is 4.79 Å². The number of ketones is 1. The molecule has 0 spiro atoms. The van der Waals surface area contributed by atoms with E-state index in [0.29, 0.717) is 11.0 Å².